The van der Waals surface area contributed by atoms with Crippen molar-refractivity contribution in [3.05, 3.63) is 76.4 Å². The average Bonchev–Trinajstić information content (AvgIpc) is 3.27. The molecule has 0 fully saturated rings. The summed E-state index contributed by atoms with van der Waals surface area (Å²) >= 11 is 0. The molecule has 0 atom stereocenters. The van der Waals surface area contributed by atoms with Crippen molar-refractivity contribution < 1.29 is 28.0 Å². The van der Waals surface area contributed by atoms with Crippen LogP contribution in [0.3, 0.4) is 0 Å². The van der Waals surface area contributed by atoms with Crippen molar-refractivity contribution in [3.8, 4) is 17.2 Å². The summed E-state index contributed by atoms with van der Waals surface area (Å²) in [5.74, 6) is -0.441. The lowest BCUT2D eigenvalue weighted by atomic mass is 10.1. The molecule has 0 bridgehead atoms. The Labute approximate surface area is 175 Å². The maximum atomic E-state index is 12.5. The second-order valence-electron chi connectivity index (χ2n) is 6.30. The molecule has 1 N–H and O–H groups in total. The summed E-state index contributed by atoms with van der Waals surface area (Å²) < 4.78 is 36.0. The lowest BCUT2D eigenvalue weighted by Gasteiger charge is -2.12. The molecule has 1 amide bonds. The number of hydrogen-bond acceptors (Lipinski definition) is 6. The highest BCUT2D eigenvalue weighted by Gasteiger charge is 2.19. The summed E-state index contributed by atoms with van der Waals surface area (Å²) in [5, 5.41) is 14.1. The Bertz CT molecular complexity index is 1070. The third-order valence-corrected chi connectivity index (χ3v) is 4.36. The minimum atomic E-state index is -3.00. The number of ether oxygens (including phenoxy) is 2. The number of carbonyl (C=O) groups excluding carboxylic acids is 1. The second kappa shape index (κ2) is 9.65. The fraction of sp³-hybridized carbons (Fsp3) is 0.200. The van der Waals surface area contributed by atoms with Crippen LogP contribution >= 0.6 is 0 Å². The topological polar surface area (TPSA) is 109 Å². The van der Waals surface area contributed by atoms with Crippen LogP contribution in [0, 0.1) is 10.1 Å². The zero-order valence-electron chi connectivity index (χ0n) is 16.3. The summed E-state index contributed by atoms with van der Waals surface area (Å²) in [6, 6.07) is 8.68. The summed E-state index contributed by atoms with van der Waals surface area (Å²) in [6.07, 6.45) is 4.79. The zero-order chi connectivity index (χ0) is 22.4. The average molecular weight is 432 g/mol. The van der Waals surface area contributed by atoms with Crippen LogP contribution in [-0.2, 0) is 6.42 Å². The van der Waals surface area contributed by atoms with Gasteiger partial charge in [0.15, 0.2) is 11.5 Å². The molecule has 162 valence electrons. The molecule has 0 spiro atoms. The molecule has 0 aliphatic rings. The van der Waals surface area contributed by atoms with E-state index in [1.165, 1.54) is 54.5 Å². The van der Waals surface area contributed by atoms with E-state index in [1.54, 1.807) is 12.3 Å². The van der Waals surface area contributed by atoms with Gasteiger partial charge in [0.2, 0.25) is 0 Å². The fourth-order valence-corrected chi connectivity index (χ4v) is 2.92. The highest BCUT2D eigenvalue weighted by Crippen LogP contribution is 2.29. The first-order valence-corrected chi connectivity index (χ1v) is 9.05. The second-order valence-corrected chi connectivity index (χ2v) is 6.30. The van der Waals surface area contributed by atoms with Crippen LogP contribution in [0.25, 0.3) is 5.69 Å². The molecule has 0 saturated heterocycles. The predicted octanol–water partition coefficient (Wildman–Crippen LogP) is 3.36. The van der Waals surface area contributed by atoms with Gasteiger partial charge in [-0.25, -0.2) is 4.98 Å². The standard InChI is InChI=1S/C20H18F2N4O5/c1-30-17-5-2-13(10-18(17)31-20(21)22)6-7-24-19(27)14-3-4-15(16(11-14)26(28)29)25-9-8-23-12-25/h2-5,8-12,20H,6-7H2,1H3,(H,24,27). The van der Waals surface area contributed by atoms with E-state index in [1.807, 2.05) is 0 Å². The van der Waals surface area contributed by atoms with Crippen molar-refractivity contribution in [1.82, 2.24) is 14.9 Å². The van der Waals surface area contributed by atoms with Crippen LogP contribution < -0.4 is 14.8 Å². The predicted molar refractivity (Wildman–Crippen MR) is 106 cm³/mol. The highest BCUT2D eigenvalue weighted by atomic mass is 19.3. The van der Waals surface area contributed by atoms with Crippen molar-refractivity contribution in [2.24, 2.45) is 0 Å². The number of nitro groups is 1. The Morgan fingerprint density at radius 3 is 2.71 bits per heavy atom. The number of methoxy groups -OCH3 is 1. The lowest BCUT2D eigenvalue weighted by molar-refractivity contribution is -0.384. The molecule has 0 aliphatic heterocycles. The molecule has 31 heavy (non-hydrogen) atoms. The maximum absolute atomic E-state index is 12.5. The van der Waals surface area contributed by atoms with Gasteiger partial charge in [-0.3, -0.25) is 14.9 Å². The molecule has 9 nitrogen and oxygen atoms in total. The van der Waals surface area contributed by atoms with Crippen molar-refractivity contribution in [1.29, 1.82) is 0 Å². The summed E-state index contributed by atoms with van der Waals surface area (Å²) in [4.78, 5) is 27.1. The molecule has 0 aliphatic carbocycles. The molecule has 1 aromatic heterocycles. The molecule has 3 rings (SSSR count). The van der Waals surface area contributed by atoms with Crippen molar-refractivity contribution in [2.75, 3.05) is 13.7 Å². The fourth-order valence-electron chi connectivity index (χ4n) is 2.92. The van der Waals surface area contributed by atoms with E-state index in [9.17, 15) is 23.7 Å². The van der Waals surface area contributed by atoms with Gasteiger partial charge in [0, 0.05) is 30.6 Å². The number of carbonyl (C=O) groups is 1. The number of alkyl halides is 2. The van der Waals surface area contributed by atoms with Crippen LogP contribution in [0.2, 0.25) is 0 Å². The smallest absolute Gasteiger partial charge is 0.387 e. The molecule has 2 aromatic carbocycles. The van der Waals surface area contributed by atoms with Gasteiger partial charge in [0.1, 0.15) is 5.69 Å². The monoisotopic (exact) mass is 432 g/mol. The molecule has 0 unspecified atom stereocenters. The van der Waals surface area contributed by atoms with Gasteiger partial charge < -0.3 is 19.4 Å². The lowest BCUT2D eigenvalue weighted by Crippen LogP contribution is -2.25. The number of imidazole rings is 1. The van der Waals surface area contributed by atoms with E-state index in [0.717, 1.165) is 0 Å². The Hall–Kier alpha value is -4.02. The number of halogens is 2. The van der Waals surface area contributed by atoms with E-state index in [4.69, 9.17) is 4.74 Å². The van der Waals surface area contributed by atoms with Gasteiger partial charge in [-0.05, 0) is 36.2 Å². The number of amides is 1. The number of nitro benzene ring substituents is 1. The Morgan fingerprint density at radius 1 is 1.26 bits per heavy atom. The largest absolute Gasteiger partial charge is 0.493 e. The van der Waals surface area contributed by atoms with E-state index in [0.29, 0.717) is 12.0 Å². The number of nitrogens with one attached hydrogen (secondary N) is 1. The number of aromatic nitrogens is 2. The van der Waals surface area contributed by atoms with E-state index in [-0.39, 0.29) is 35.0 Å². The minimum absolute atomic E-state index is 0.105. The van der Waals surface area contributed by atoms with Crippen LogP contribution in [0.5, 0.6) is 11.5 Å². The summed E-state index contributed by atoms with van der Waals surface area (Å²) in [7, 11) is 1.34. The van der Waals surface area contributed by atoms with Gasteiger partial charge in [-0.2, -0.15) is 8.78 Å². The van der Waals surface area contributed by atoms with Crippen LogP contribution in [0.15, 0.2) is 55.1 Å². The normalized spacial score (nSPS) is 10.7. The number of nitrogens with zero attached hydrogens (tertiary/aromatic N) is 3. The molecule has 0 saturated carbocycles. The molecular weight excluding hydrogens is 414 g/mol. The van der Waals surface area contributed by atoms with Gasteiger partial charge in [0.05, 0.1) is 18.4 Å². The highest BCUT2D eigenvalue weighted by molar-refractivity contribution is 5.95. The SMILES string of the molecule is COc1ccc(CCNC(=O)c2ccc(-n3ccnc3)c([N+](=O)[O-])c2)cc1OC(F)F. The van der Waals surface area contributed by atoms with Crippen LogP contribution in [0.1, 0.15) is 15.9 Å². The first-order valence-electron chi connectivity index (χ1n) is 9.05. The van der Waals surface area contributed by atoms with Crippen molar-refractivity contribution in [3.63, 3.8) is 0 Å². The van der Waals surface area contributed by atoms with E-state index >= 15 is 0 Å². The van der Waals surface area contributed by atoms with Gasteiger partial charge in [-0.1, -0.05) is 6.07 Å². The zero-order valence-corrected chi connectivity index (χ0v) is 16.3. The summed E-state index contributed by atoms with van der Waals surface area (Å²) in [5.41, 5.74) is 0.795. The quantitative estimate of drug-likeness (QED) is 0.410. The number of hydrogen-bond donors (Lipinski definition) is 1. The van der Waals surface area contributed by atoms with Gasteiger partial charge in [-0.15, -0.1) is 0 Å². The Morgan fingerprint density at radius 2 is 2.06 bits per heavy atom. The summed E-state index contributed by atoms with van der Waals surface area (Å²) in [6.45, 7) is -2.82. The molecular formula is C20H18F2N4O5. The molecule has 0 radical (unpaired) electrons. The van der Waals surface area contributed by atoms with Gasteiger partial charge in [0.25, 0.3) is 11.6 Å². The van der Waals surface area contributed by atoms with E-state index < -0.39 is 17.4 Å². The van der Waals surface area contributed by atoms with Gasteiger partial charge >= 0.3 is 6.61 Å². The molecule has 1 heterocycles. The van der Waals surface area contributed by atoms with Crippen molar-refractivity contribution in [2.45, 2.75) is 13.0 Å². The molecule has 11 heteroatoms. The first-order chi connectivity index (χ1) is 14.9. The number of rotatable bonds is 9. The van der Waals surface area contributed by atoms with Crippen LogP contribution in [-0.4, -0.2) is 40.6 Å². The Balaban J connectivity index is 1.67. The third kappa shape index (κ3) is 5.32. The van der Waals surface area contributed by atoms with E-state index in [2.05, 4.69) is 15.0 Å². The first kappa shape index (κ1) is 21.7. The Kier molecular flexibility index (Phi) is 6.75. The van der Waals surface area contributed by atoms with Crippen molar-refractivity contribution >= 4 is 11.6 Å². The number of benzene rings is 2. The third-order valence-electron chi connectivity index (χ3n) is 4.36. The van der Waals surface area contributed by atoms with Crippen LogP contribution in [0.4, 0.5) is 14.5 Å². The maximum Gasteiger partial charge on any atom is 0.387 e. The minimum Gasteiger partial charge on any atom is -0.493 e. The molecule has 3 aromatic rings.